The fourth-order valence-electron chi connectivity index (χ4n) is 4.03. The molecule has 3 amide bonds. The van der Waals surface area contributed by atoms with Gasteiger partial charge in [-0.2, -0.15) is 0 Å². The summed E-state index contributed by atoms with van der Waals surface area (Å²) in [6.45, 7) is 5.61. The van der Waals surface area contributed by atoms with Crippen LogP contribution in [0.2, 0.25) is 5.02 Å². The third kappa shape index (κ3) is 2.70. The molecule has 27 heavy (non-hydrogen) atoms. The molecule has 0 aromatic heterocycles. The summed E-state index contributed by atoms with van der Waals surface area (Å²) in [7, 11) is 0. The Morgan fingerprint density at radius 3 is 2.52 bits per heavy atom. The van der Waals surface area contributed by atoms with Crippen LogP contribution in [0.1, 0.15) is 20.8 Å². The Bertz CT molecular complexity index is 858. The number of amides is 3. The molecule has 0 aliphatic carbocycles. The minimum absolute atomic E-state index is 0.132. The maximum absolute atomic E-state index is 13.2. The third-order valence-electron chi connectivity index (χ3n) is 5.45. The molecule has 6 nitrogen and oxygen atoms in total. The average molecular weight is 389 g/mol. The molecule has 7 heteroatoms. The van der Waals surface area contributed by atoms with E-state index in [1.165, 1.54) is 4.90 Å². The molecule has 142 valence electrons. The summed E-state index contributed by atoms with van der Waals surface area (Å²) in [6, 6.07) is 6.61. The maximum atomic E-state index is 13.2. The molecule has 4 atom stereocenters. The Kier molecular flexibility index (Phi) is 3.98. The van der Waals surface area contributed by atoms with Crippen molar-refractivity contribution in [2.45, 2.75) is 32.5 Å². The standard InChI is InChI=1S/C20H21ClN2O4/c1-19(2,3)18(26)22-10-20-9-8-13(27-20)14-15(20)17(25)23(16(14)24)12-6-4-11(21)5-7-12/h4-9,13-15H,10H2,1-3H3,(H,22,26)/t13-,14-,15+,20-/m0/s1. The molecule has 2 fully saturated rings. The van der Waals surface area contributed by atoms with Gasteiger partial charge in [0.25, 0.3) is 0 Å². The monoisotopic (exact) mass is 388 g/mol. The summed E-state index contributed by atoms with van der Waals surface area (Å²) in [5.41, 5.74) is -1.04. The molecule has 0 spiro atoms. The smallest absolute Gasteiger partial charge is 0.241 e. The average Bonchev–Trinajstić information content (AvgIpc) is 3.24. The summed E-state index contributed by atoms with van der Waals surface area (Å²) in [6.07, 6.45) is 3.19. The minimum Gasteiger partial charge on any atom is -0.360 e. The Hall–Kier alpha value is -2.18. The number of halogens is 1. The van der Waals surface area contributed by atoms with Crippen LogP contribution >= 0.6 is 11.6 Å². The van der Waals surface area contributed by atoms with Gasteiger partial charge < -0.3 is 10.1 Å². The van der Waals surface area contributed by atoms with Crippen molar-refractivity contribution >= 4 is 35.0 Å². The number of imide groups is 1. The second-order valence-electron chi connectivity index (χ2n) is 8.32. The predicted molar refractivity (Wildman–Crippen MR) is 100 cm³/mol. The van der Waals surface area contributed by atoms with Crippen LogP contribution in [-0.4, -0.2) is 36.0 Å². The van der Waals surface area contributed by atoms with E-state index in [0.717, 1.165) is 0 Å². The molecule has 4 rings (SSSR count). The second-order valence-corrected chi connectivity index (χ2v) is 8.76. The molecule has 0 radical (unpaired) electrons. The van der Waals surface area contributed by atoms with Crippen LogP contribution in [-0.2, 0) is 19.1 Å². The van der Waals surface area contributed by atoms with E-state index in [9.17, 15) is 14.4 Å². The number of nitrogens with one attached hydrogen (secondary N) is 1. The SMILES string of the molecule is CC(C)(C)C(=O)NC[C@]12C=C[C@H](O1)[C@@H]1C(=O)N(c3ccc(Cl)cc3)C(=O)[C@@H]12. The Labute approximate surface area is 162 Å². The van der Waals surface area contributed by atoms with Crippen LogP contribution < -0.4 is 10.2 Å². The number of rotatable bonds is 3. The lowest BCUT2D eigenvalue weighted by atomic mass is 9.76. The summed E-state index contributed by atoms with van der Waals surface area (Å²) >= 11 is 5.91. The summed E-state index contributed by atoms with van der Waals surface area (Å²) in [5.74, 6) is -1.91. The van der Waals surface area contributed by atoms with Gasteiger partial charge in [-0.05, 0) is 24.3 Å². The third-order valence-corrected chi connectivity index (χ3v) is 5.70. The first-order chi connectivity index (χ1) is 12.6. The van der Waals surface area contributed by atoms with E-state index in [0.29, 0.717) is 10.7 Å². The number of anilines is 1. The normalized spacial score (nSPS) is 31.6. The van der Waals surface area contributed by atoms with Gasteiger partial charge in [0.15, 0.2) is 0 Å². The highest BCUT2D eigenvalue weighted by atomic mass is 35.5. The number of ether oxygens (including phenoxy) is 1. The first-order valence-corrected chi connectivity index (χ1v) is 9.31. The Morgan fingerprint density at radius 1 is 1.22 bits per heavy atom. The van der Waals surface area contributed by atoms with Crippen molar-refractivity contribution in [3.8, 4) is 0 Å². The van der Waals surface area contributed by atoms with Gasteiger partial charge in [0, 0.05) is 10.4 Å². The van der Waals surface area contributed by atoms with Crippen LogP contribution in [0.5, 0.6) is 0 Å². The Balaban J connectivity index is 1.62. The van der Waals surface area contributed by atoms with Crippen molar-refractivity contribution in [1.82, 2.24) is 5.32 Å². The fourth-order valence-corrected chi connectivity index (χ4v) is 4.16. The lowest BCUT2D eigenvalue weighted by Crippen LogP contribution is -2.50. The van der Waals surface area contributed by atoms with Crippen molar-refractivity contribution in [1.29, 1.82) is 0 Å². The molecule has 1 N–H and O–H groups in total. The van der Waals surface area contributed by atoms with E-state index in [1.807, 2.05) is 32.9 Å². The van der Waals surface area contributed by atoms with Gasteiger partial charge in [0.2, 0.25) is 17.7 Å². The van der Waals surface area contributed by atoms with Crippen molar-refractivity contribution in [2.75, 3.05) is 11.4 Å². The van der Waals surface area contributed by atoms with Gasteiger partial charge in [-0.15, -0.1) is 0 Å². The highest BCUT2D eigenvalue weighted by molar-refractivity contribution is 6.31. The number of nitrogens with zero attached hydrogens (tertiary/aromatic N) is 1. The minimum atomic E-state index is -0.982. The van der Waals surface area contributed by atoms with Crippen LogP contribution in [0.4, 0.5) is 5.69 Å². The Morgan fingerprint density at radius 2 is 1.89 bits per heavy atom. The molecule has 2 bridgehead atoms. The van der Waals surface area contributed by atoms with E-state index in [4.69, 9.17) is 16.3 Å². The molecule has 3 heterocycles. The lowest BCUT2D eigenvalue weighted by Gasteiger charge is -2.30. The first-order valence-electron chi connectivity index (χ1n) is 8.93. The van der Waals surface area contributed by atoms with Crippen molar-refractivity contribution in [3.63, 3.8) is 0 Å². The first kappa shape index (κ1) is 18.2. The van der Waals surface area contributed by atoms with Gasteiger partial charge in [0.05, 0.1) is 30.2 Å². The van der Waals surface area contributed by atoms with E-state index in [2.05, 4.69) is 5.32 Å². The van der Waals surface area contributed by atoms with Gasteiger partial charge in [-0.3, -0.25) is 14.4 Å². The number of carbonyl (C=O) groups excluding carboxylic acids is 3. The molecule has 3 aliphatic heterocycles. The predicted octanol–water partition coefficient (Wildman–Crippen LogP) is 2.32. The molecule has 1 aromatic rings. The molecular weight excluding hydrogens is 368 g/mol. The quantitative estimate of drug-likeness (QED) is 0.637. The number of hydrogen-bond donors (Lipinski definition) is 1. The van der Waals surface area contributed by atoms with Gasteiger partial charge >= 0.3 is 0 Å². The fraction of sp³-hybridized carbons (Fsp3) is 0.450. The second kappa shape index (κ2) is 5.91. The van der Waals surface area contributed by atoms with Crippen LogP contribution in [0.25, 0.3) is 0 Å². The number of carbonyl (C=O) groups is 3. The van der Waals surface area contributed by atoms with E-state index >= 15 is 0 Å². The molecule has 2 saturated heterocycles. The molecular formula is C20H21ClN2O4. The largest absolute Gasteiger partial charge is 0.360 e. The topological polar surface area (TPSA) is 75.7 Å². The zero-order chi connectivity index (χ0) is 19.6. The van der Waals surface area contributed by atoms with Crippen LogP contribution in [0.15, 0.2) is 36.4 Å². The zero-order valence-corrected chi connectivity index (χ0v) is 16.1. The highest BCUT2D eigenvalue weighted by Gasteiger charge is 2.67. The number of benzene rings is 1. The molecule has 3 aliphatic rings. The van der Waals surface area contributed by atoms with Crippen molar-refractivity contribution in [3.05, 3.63) is 41.4 Å². The summed E-state index contributed by atoms with van der Waals surface area (Å²) in [4.78, 5) is 39.6. The summed E-state index contributed by atoms with van der Waals surface area (Å²) < 4.78 is 6.02. The highest BCUT2D eigenvalue weighted by Crippen LogP contribution is 2.52. The van der Waals surface area contributed by atoms with Crippen molar-refractivity contribution < 1.29 is 19.1 Å². The van der Waals surface area contributed by atoms with Crippen molar-refractivity contribution in [2.24, 2.45) is 17.3 Å². The van der Waals surface area contributed by atoms with E-state index in [-0.39, 0.29) is 24.3 Å². The zero-order valence-electron chi connectivity index (χ0n) is 15.4. The van der Waals surface area contributed by atoms with Gasteiger partial charge in [-0.25, -0.2) is 4.90 Å². The van der Waals surface area contributed by atoms with Crippen LogP contribution in [0, 0.1) is 17.3 Å². The summed E-state index contributed by atoms with van der Waals surface area (Å²) in [5, 5.41) is 3.41. The van der Waals surface area contributed by atoms with Gasteiger partial charge in [0.1, 0.15) is 5.60 Å². The number of hydrogen-bond acceptors (Lipinski definition) is 4. The molecule has 0 unspecified atom stereocenters. The molecule has 1 aromatic carbocycles. The van der Waals surface area contributed by atoms with E-state index in [1.54, 1.807) is 24.3 Å². The lowest BCUT2D eigenvalue weighted by molar-refractivity contribution is -0.132. The van der Waals surface area contributed by atoms with Gasteiger partial charge in [-0.1, -0.05) is 44.5 Å². The van der Waals surface area contributed by atoms with Crippen LogP contribution in [0.3, 0.4) is 0 Å². The molecule has 0 saturated carbocycles. The van der Waals surface area contributed by atoms with E-state index < -0.39 is 29.0 Å². The number of fused-ring (bicyclic) bond motifs is 5. The maximum Gasteiger partial charge on any atom is 0.241 e.